The molecule has 1 fully saturated rings. The van der Waals surface area contributed by atoms with Crippen LogP contribution >= 0.6 is 0 Å². The Balaban J connectivity index is 1.52. The van der Waals surface area contributed by atoms with E-state index >= 15 is 0 Å². The number of hydrogen-bond acceptors (Lipinski definition) is 3. The summed E-state index contributed by atoms with van der Waals surface area (Å²) in [6, 6.07) is 15.3. The first kappa shape index (κ1) is 17.0. The van der Waals surface area contributed by atoms with E-state index in [0.29, 0.717) is 6.42 Å². The van der Waals surface area contributed by atoms with E-state index in [9.17, 15) is 9.59 Å². The van der Waals surface area contributed by atoms with Gasteiger partial charge in [0.25, 0.3) is 0 Å². The highest BCUT2D eigenvalue weighted by Gasteiger charge is 2.48. The van der Waals surface area contributed by atoms with E-state index in [-0.39, 0.29) is 23.7 Å². The maximum atomic E-state index is 12.3. The third-order valence-electron chi connectivity index (χ3n) is 4.43. The van der Waals surface area contributed by atoms with Gasteiger partial charge in [-0.15, -0.1) is 0 Å². The van der Waals surface area contributed by atoms with E-state index < -0.39 is 0 Å². The van der Waals surface area contributed by atoms with Crippen LogP contribution in [0.25, 0.3) is 0 Å². The van der Waals surface area contributed by atoms with Gasteiger partial charge in [0.2, 0.25) is 11.8 Å². The molecule has 1 aliphatic carbocycles. The molecule has 0 heterocycles. The Labute approximate surface area is 148 Å². The first-order valence-electron chi connectivity index (χ1n) is 8.40. The first-order chi connectivity index (χ1) is 11.9. The third-order valence-corrected chi connectivity index (χ3v) is 4.43. The van der Waals surface area contributed by atoms with Gasteiger partial charge in [-0.2, -0.15) is 0 Å². The van der Waals surface area contributed by atoms with Crippen molar-refractivity contribution in [2.45, 2.75) is 13.3 Å². The Kier molecular flexibility index (Phi) is 4.74. The summed E-state index contributed by atoms with van der Waals surface area (Å²) in [6.45, 7) is 2.00. The van der Waals surface area contributed by atoms with Crippen LogP contribution in [0.5, 0.6) is 0 Å². The largest absolute Gasteiger partial charge is 0.378 e. The summed E-state index contributed by atoms with van der Waals surface area (Å²) in [7, 11) is 3.93. The molecule has 0 bridgehead atoms. The van der Waals surface area contributed by atoms with Crippen molar-refractivity contribution in [3.8, 4) is 0 Å². The van der Waals surface area contributed by atoms with E-state index in [0.717, 1.165) is 22.6 Å². The zero-order valence-corrected chi connectivity index (χ0v) is 14.7. The molecule has 25 heavy (non-hydrogen) atoms. The van der Waals surface area contributed by atoms with E-state index in [2.05, 4.69) is 10.6 Å². The molecule has 2 aromatic rings. The quantitative estimate of drug-likeness (QED) is 0.880. The predicted octanol–water partition coefficient (Wildman–Crippen LogP) is 3.27. The van der Waals surface area contributed by atoms with Gasteiger partial charge in [-0.3, -0.25) is 9.59 Å². The minimum atomic E-state index is -0.251. The highest BCUT2D eigenvalue weighted by molar-refractivity contribution is 6.03. The fraction of sp³-hybridized carbons (Fsp3) is 0.300. The Morgan fingerprint density at radius 1 is 0.840 bits per heavy atom. The van der Waals surface area contributed by atoms with E-state index in [1.807, 2.05) is 74.4 Å². The fourth-order valence-corrected chi connectivity index (χ4v) is 2.72. The van der Waals surface area contributed by atoms with Crippen LogP contribution in [0.3, 0.4) is 0 Å². The lowest BCUT2D eigenvalue weighted by molar-refractivity contribution is -0.122. The SMILES string of the molecule is Cc1ccc(NC(=O)C2CC2C(=O)Nc2ccc(N(C)C)cc2)cc1. The summed E-state index contributed by atoms with van der Waals surface area (Å²) in [5.74, 6) is -0.685. The summed E-state index contributed by atoms with van der Waals surface area (Å²) in [5.41, 5.74) is 3.72. The van der Waals surface area contributed by atoms with Crippen molar-refractivity contribution in [1.82, 2.24) is 0 Å². The summed E-state index contributed by atoms with van der Waals surface area (Å²) >= 11 is 0. The van der Waals surface area contributed by atoms with Crippen LogP contribution in [-0.4, -0.2) is 25.9 Å². The van der Waals surface area contributed by atoms with E-state index in [1.165, 1.54) is 0 Å². The van der Waals surface area contributed by atoms with Crippen molar-refractivity contribution < 1.29 is 9.59 Å². The molecule has 2 amide bonds. The Morgan fingerprint density at radius 2 is 1.28 bits per heavy atom. The average Bonchev–Trinajstić information content (AvgIpc) is 3.38. The highest BCUT2D eigenvalue weighted by atomic mass is 16.2. The number of nitrogens with one attached hydrogen (secondary N) is 2. The monoisotopic (exact) mass is 337 g/mol. The average molecular weight is 337 g/mol. The zero-order chi connectivity index (χ0) is 18.0. The van der Waals surface area contributed by atoms with Crippen molar-refractivity contribution in [1.29, 1.82) is 0 Å². The maximum absolute atomic E-state index is 12.3. The summed E-state index contributed by atoms with van der Waals surface area (Å²) in [6.07, 6.45) is 0.597. The van der Waals surface area contributed by atoms with Crippen LogP contribution in [0, 0.1) is 18.8 Å². The number of nitrogens with zero attached hydrogens (tertiary/aromatic N) is 1. The molecule has 0 saturated heterocycles. The second kappa shape index (κ2) is 6.97. The van der Waals surface area contributed by atoms with Crippen LogP contribution < -0.4 is 15.5 Å². The summed E-state index contributed by atoms with van der Waals surface area (Å²) < 4.78 is 0. The van der Waals surface area contributed by atoms with Gasteiger partial charge in [-0.1, -0.05) is 17.7 Å². The van der Waals surface area contributed by atoms with Crippen LogP contribution in [0.4, 0.5) is 17.1 Å². The van der Waals surface area contributed by atoms with Crippen molar-refractivity contribution in [3.05, 3.63) is 54.1 Å². The molecule has 5 heteroatoms. The molecule has 0 spiro atoms. The van der Waals surface area contributed by atoms with Crippen molar-refractivity contribution in [2.75, 3.05) is 29.6 Å². The Bertz CT molecular complexity index is 767. The van der Waals surface area contributed by atoms with Crippen LogP contribution in [0.15, 0.2) is 48.5 Å². The first-order valence-corrected chi connectivity index (χ1v) is 8.40. The molecule has 130 valence electrons. The van der Waals surface area contributed by atoms with Gasteiger partial charge in [0.1, 0.15) is 0 Å². The molecular formula is C20H23N3O2. The van der Waals surface area contributed by atoms with Crippen LogP contribution in [0.1, 0.15) is 12.0 Å². The molecule has 0 aromatic heterocycles. The molecule has 2 atom stereocenters. The van der Waals surface area contributed by atoms with Gasteiger partial charge < -0.3 is 15.5 Å². The number of benzene rings is 2. The fourth-order valence-electron chi connectivity index (χ4n) is 2.72. The molecule has 1 saturated carbocycles. The van der Waals surface area contributed by atoms with Gasteiger partial charge >= 0.3 is 0 Å². The van der Waals surface area contributed by atoms with Crippen LogP contribution in [0.2, 0.25) is 0 Å². The Morgan fingerprint density at radius 3 is 1.72 bits per heavy atom. The standard InChI is InChI=1S/C20H23N3O2/c1-13-4-6-14(7-5-13)21-19(24)17-12-18(17)20(25)22-15-8-10-16(11-9-15)23(2)3/h4-11,17-18H,12H2,1-3H3,(H,21,24)(H,22,25). The van der Waals surface area contributed by atoms with Crippen LogP contribution in [-0.2, 0) is 9.59 Å². The van der Waals surface area contributed by atoms with Gasteiger partial charge in [0.05, 0.1) is 11.8 Å². The number of anilines is 3. The smallest absolute Gasteiger partial charge is 0.228 e. The number of aryl methyl sites for hydroxylation is 1. The molecule has 0 aliphatic heterocycles. The van der Waals surface area contributed by atoms with Crippen molar-refractivity contribution >= 4 is 28.9 Å². The van der Waals surface area contributed by atoms with E-state index in [1.54, 1.807) is 0 Å². The lowest BCUT2D eigenvalue weighted by Gasteiger charge is -2.13. The molecule has 2 aromatic carbocycles. The highest BCUT2D eigenvalue weighted by Crippen LogP contribution is 2.40. The molecule has 1 aliphatic rings. The van der Waals surface area contributed by atoms with Gasteiger partial charge in [-0.05, 0) is 49.7 Å². The number of rotatable bonds is 5. The molecule has 2 unspecified atom stereocenters. The lowest BCUT2D eigenvalue weighted by Crippen LogP contribution is -2.20. The number of amides is 2. The molecule has 3 rings (SSSR count). The molecule has 5 nitrogen and oxygen atoms in total. The summed E-state index contributed by atoms with van der Waals surface area (Å²) in [5, 5.41) is 5.76. The van der Waals surface area contributed by atoms with Crippen molar-refractivity contribution in [3.63, 3.8) is 0 Å². The van der Waals surface area contributed by atoms with Gasteiger partial charge in [-0.25, -0.2) is 0 Å². The second-order valence-corrected chi connectivity index (χ2v) is 6.73. The van der Waals surface area contributed by atoms with Gasteiger partial charge in [0, 0.05) is 31.2 Å². The minimum Gasteiger partial charge on any atom is -0.378 e. The minimum absolute atomic E-state index is 0.0908. The zero-order valence-electron chi connectivity index (χ0n) is 14.7. The van der Waals surface area contributed by atoms with Gasteiger partial charge in [0.15, 0.2) is 0 Å². The summed E-state index contributed by atoms with van der Waals surface area (Å²) in [4.78, 5) is 26.6. The molecule has 2 N–H and O–H groups in total. The predicted molar refractivity (Wildman–Crippen MR) is 101 cm³/mol. The number of carbonyl (C=O) groups is 2. The number of hydrogen-bond donors (Lipinski definition) is 2. The number of carbonyl (C=O) groups excluding carboxylic acids is 2. The van der Waals surface area contributed by atoms with Crippen molar-refractivity contribution in [2.24, 2.45) is 11.8 Å². The molecule has 0 radical (unpaired) electrons. The lowest BCUT2D eigenvalue weighted by atomic mass is 10.2. The molecular weight excluding hydrogens is 314 g/mol. The van der Waals surface area contributed by atoms with E-state index in [4.69, 9.17) is 0 Å². The maximum Gasteiger partial charge on any atom is 0.228 e. The topological polar surface area (TPSA) is 61.4 Å². The Hall–Kier alpha value is -2.82. The second-order valence-electron chi connectivity index (χ2n) is 6.73. The third kappa shape index (κ3) is 4.18. The normalized spacial score (nSPS) is 18.4.